The van der Waals surface area contributed by atoms with Crippen LogP contribution in [0.1, 0.15) is 27.2 Å². The number of halogens is 1. The van der Waals surface area contributed by atoms with Crippen molar-refractivity contribution >= 4 is 23.2 Å². The van der Waals surface area contributed by atoms with Crippen LogP contribution in [0.5, 0.6) is 0 Å². The quantitative estimate of drug-likeness (QED) is 0.725. The second-order valence-corrected chi connectivity index (χ2v) is 6.13. The summed E-state index contributed by atoms with van der Waals surface area (Å²) in [6.45, 7) is 6.04. The third-order valence-corrected chi connectivity index (χ3v) is 3.88. The molecule has 2 aromatic carbocycles. The van der Waals surface area contributed by atoms with Crippen molar-refractivity contribution in [2.75, 3.05) is 10.6 Å². The van der Waals surface area contributed by atoms with Crippen LogP contribution in [0.4, 0.5) is 21.7 Å². The highest BCUT2D eigenvalue weighted by Crippen LogP contribution is 2.24. The van der Waals surface area contributed by atoms with Crippen molar-refractivity contribution in [3.05, 3.63) is 76.9 Å². The van der Waals surface area contributed by atoms with Crippen molar-refractivity contribution in [1.82, 2.24) is 9.97 Å². The number of hydrogen-bond acceptors (Lipinski definition) is 4. The van der Waals surface area contributed by atoms with Crippen LogP contribution in [0, 0.1) is 26.6 Å². The molecule has 0 spiro atoms. The van der Waals surface area contributed by atoms with Gasteiger partial charge in [-0.05, 0) is 56.2 Å². The molecule has 1 amide bonds. The van der Waals surface area contributed by atoms with E-state index >= 15 is 0 Å². The number of benzene rings is 2. The highest BCUT2D eigenvalue weighted by molar-refractivity contribution is 6.03. The Labute approximate surface area is 151 Å². The van der Waals surface area contributed by atoms with E-state index in [4.69, 9.17) is 0 Å². The lowest BCUT2D eigenvalue weighted by Crippen LogP contribution is -2.15. The Bertz CT molecular complexity index is 949. The maximum atomic E-state index is 13.2. The van der Waals surface area contributed by atoms with Gasteiger partial charge in [-0.15, -0.1) is 0 Å². The van der Waals surface area contributed by atoms with Crippen molar-refractivity contribution in [3.63, 3.8) is 0 Å². The highest BCUT2D eigenvalue weighted by Gasteiger charge is 2.11. The third kappa shape index (κ3) is 4.03. The van der Waals surface area contributed by atoms with Gasteiger partial charge in [-0.2, -0.15) is 0 Å². The van der Waals surface area contributed by atoms with Gasteiger partial charge >= 0.3 is 0 Å². The SMILES string of the molecule is Cc1cc(C)c(Nc2nccc(C(=O)Nc3cccc(F)c3)n2)c(C)c1. The maximum Gasteiger partial charge on any atom is 0.274 e. The minimum absolute atomic E-state index is 0.189. The van der Waals surface area contributed by atoms with Crippen LogP contribution in [0.3, 0.4) is 0 Å². The van der Waals surface area contributed by atoms with Gasteiger partial charge in [0.2, 0.25) is 5.95 Å². The predicted octanol–water partition coefficient (Wildman–Crippen LogP) is 4.54. The number of hydrogen-bond donors (Lipinski definition) is 2. The molecule has 0 aliphatic rings. The topological polar surface area (TPSA) is 66.9 Å². The fraction of sp³-hybridized carbons (Fsp3) is 0.150. The summed E-state index contributed by atoms with van der Waals surface area (Å²) in [5.74, 6) is -0.525. The first kappa shape index (κ1) is 17.5. The molecule has 0 unspecified atom stereocenters. The summed E-state index contributed by atoms with van der Waals surface area (Å²) < 4.78 is 13.2. The number of carbonyl (C=O) groups is 1. The fourth-order valence-electron chi connectivity index (χ4n) is 2.80. The summed E-state index contributed by atoms with van der Waals surface area (Å²) in [7, 11) is 0. The highest BCUT2D eigenvalue weighted by atomic mass is 19.1. The molecule has 0 aliphatic carbocycles. The van der Waals surface area contributed by atoms with Crippen LogP contribution in [0.15, 0.2) is 48.7 Å². The number of aryl methyl sites for hydroxylation is 3. The van der Waals surface area contributed by atoms with E-state index in [2.05, 4.69) is 32.7 Å². The average Bonchev–Trinajstić information content (AvgIpc) is 2.58. The summed E-state index contributed by atoms with van der Waals surface area (Å²) in [5.41, 5.74) is 4.79. The molecular weight excluding hydrogens is 331 g/mol. The van der Waals surface area contributed by atoms with Gasteiger partial charge in [0.15, 0.2) is 0 Å². The zero-order valence-corrected chi connectivity index (χ0v) is 14.8. The van der Waals surface area contributed by atoms with E-state index in [0.29, 0.717) is 11.6 Å². The molecule has 0 aliphatic heterocycles. The molecule has 0 bridgehead atoms. The number of amides is 1. The molecule has 5 nitrogen and oxygen atoms in total. The van der Waals surface area contributed by atoms with E-state index in [-0.39, 0.29) is 5.69 Å². The van der Waals surface area contributed by atoms with Crippen molar-refractivity contribution in [2.24, 2.45) is 0 Å². The van der Waals surface area contributed by atoms with Crippen LogP contribution in [0.25, 0.3) is 0 Å². The van der Waals surface area contributed by atoms with Crippen LogP contribution >= 0.6 is 0 Å². The number of nitrogens with zero attached hydrogens (tertiary/aromatic N) is 2. The summed E-state index contributed by atoms with van der Waals surface area (Å²) in [6, 6.07) is 11.3. The molecule has 26 heavy (non-hydrogen) atoms. The zero-order valence-electron chi connectivity index (χ0n) is 14.8. The largest absolute Gasteiger partial charge is 0.324 e. The molecule has 3 rings (SSSR count). The van der Waals surface area contributed by atoms with E-state index in [9.17, 15) is 9.18 Å². The van der Waals surface area contributed by atoms with Gasteiger partial charge in [-0.25, -0.2) is 14.4 Å². The lowest BCUT2D eigenvalue weighted by molar-refractivity contribution is 0.102. The van der Waals surface area contributed by atoms with Gasteiger partial charge in [0.1, 0.15) is 11.5 Å². The number of rotatable bonds is 4. The van der Waals surface area contributed by atoms with E-state index < -0.39 is 11.7 Å². The summed E-state index contributed by atoms with van der Waals surface area (Å²) in [6.07, 6.45) is 1.51. The number of anilines is 3. The number of carbonyl (C=O) groups excluding carboxylic acids is 1. The van der Waals surface area contributed by atoms with Crippen molar-refractivity contribution in [2.45, 2.75) is 20.8 Å². The van der Waals surface area contributed by atoms with E-state index in [0.717, 1.165) is 16.8 Å². The monoisotopic (exact) mass is 350 g/mol. The summed E-state index contributed by atoms with van der Waals surface area (Å²) >= 11 is 0. The van der Waals surface area contributed by atoms with Gasteiger partial charge in [0.05, 0.1) is 0 Å². The summed E-state index contributed by atoms with van der Waals surface area (Å²) in [5, 5.41) is 5.80. The predicted molar refractivity (Wildman–Crippen MR) is 100 cm³/mol. The minimum Gasteiger partial charge on any atom is -0.324 e. The zero-order chi connectivity index (χ0) is 18.7. The summed E-state index contributed by atoms with van der Waals surface area (Å²) in [4.78, 5) is 20.8. The Morgan fingerprint density at radius 2 is 1.77 bits per heavy atom. The molecule has 3 aromatic rings. The lowest BCUT2D eigenvalue weighted by Gasteiger charge is -2.13. The fourth-order valence-corrected chi connectivity index (χ4v) is 2.80. The molecule has 0 radical (unpaired) electrons. The van der Waals surface area contributed by atoms with Gasteiger partial charge in [-0.1, -0.05) is 23.8 Å². The molecule has 132 valence electrons. The van der Waals surface area contributed by atoms with Crippen molar-refractivity contribution in [1.29, 1.82) is 0 Å². The number of aromatic nitrogens is 2. The molecule has 0 atom stereocenters. The third-order valence-electron chi connectivity index (χ3n) is 3.88. The van der Waals surface area contributed by atoms with Crippen molar-refractivity contribution < 1.29 is 9.18 Å². The molecule has 6 heteroatoms. The Morgan fingerprint density at radius 1 is 1.04 bits per heavy atom. The first-order valence-electron chi connectivity index (χ1n) is 8.17. The smallest absolute Gasteiger partial charge is 0.274 e. The molecule has 0 saturated carbocycles. The van der Waals surface area contributed by atoms with Crippen LogP contribution in [-0.2, 0) is 0 Å². The Hall–Kier alpha value is -3.28. The first-order valence-corrected chi connectivity index (χ1v) is 8.17. The second-order valence-electron chi connectivity index (χ2n) is 6.13. The standard InChI is InChI=1S/C20H19FN4O/c1-12-9-13(2)18(14(3)10-12)25-20-22-8-7-17(24-20)19(26)23-16-6-4-5-15(21)11-16/h4-11H,1-3H3,(H,23,26)(H,22,24,25). The minimum atomic E-state index is -0.432. The van der Waals surface area contributed by atoms with Crippen LogP contribution in [0.2, 0.25) is 0 Å². The van der Waals surface area contributed by atoms with E-state index in [1.54, 1.807) is 6.07 Å². The Kier molecular flexibility index (Phi) is 4.93. The second kappa shape index (κ2) is 7.31. The van der Waals surface area contributed by atoms with Crippen LogP contribution in [-0.4, -0.2) is 15.9 Å². The van der Waals surface area contributed by atoms with Gasteiger partial charge < -0.3 is 10.6 Å². The van der Waals surface area contributed by atoms with E-state index in [1.165, 1.54) is 36.0 Å². The first-order chi connectivity index (χ1) is 12.4. The average molecular weight is 350 g/mol. The van der Waals surface area contributed by atoms with Crippen molar-refractivity contribution in [3.8, 4) is 0 Å². The van der Waals surface area contributed by atoms with Gasteiger partial charge in [0, 0.05) is 17.6 Å². The molecule has 0 fully saturated rings. The van der Waals surface area contributed by atoms with Crippen LogP contribution < -0.4 is 10.6 Å². The Balaban J connectivity index is 1.81. The normalized spacial score (nSPS) is 10.5. The van der Waals surface area contributed by atoms with Gasteiger partial charge in [0.25, 0.3) is 5.91 Å². The maximum absolute atomic E-state index is 13.2. The lowest BCUT2D eigenvalue weighted by atomic mass is 10.1. The van der Waals surface area contributed by atoms with Gasteiger partial charge in [-0.3, -0.25) is 4.79 Å². The molecule has 0 saturated heterocycles. The molecule has 1 heterocycles. The molecule has 2 N–H and O–H groups in total. The molecule has 1 aromatic heterocycles. The Morgan fingerprint density at radius 3 is 2.46 bits per heavy atom. The van der Waals surface area contributed by atoms with E-state index in [1.807, 2.05) is 20.8 Å². The number of nitrogens with one attached hydrogen (secondary N) is 2. The molecular formula is C20H19FN4O.